The topological polar surface area (TPSA) is 69.3 Å². The summed E-state index contributed by atoms with van der Waals surface area (Å²) >= 11 is 1.69. The highest BCUT2D eigenvalue weighted by atomic mass is 32.1. The van der Waals surface area contributed by atoms with Crippen LogP contribution in [0.3, 0.4) is 0 Å². The molecule has 0 radical (unpaired) electrons. The van der Waals surface area contributed by atoms with Gasteiger partial charge in [-0.25, -0.2) is 4.98 Å². The summed E-state index contributed by atoms with van der Waals surface area (Å²) in [5.74, 6) is 0.764. The Kier molecular flexibility index (Phi) is 5.70. The fourth-order valence-corrected chi connectivity index (χ4v) is 5.74. The monoisotopic (exact) mass is 434 g/mol. The van der Waals surface area contributed by atoms with Crippen LogP contribution in [0.4, 0.5) is 0 Å². The first-order valence-electron chi connectivity index (χ1n) is 11.0. The van der Waals surface area contributed by atoms with Gasteiger partial charge in [0.15, 0.2) is 0 Å². The van der Waals surface area contributed by atoms with E-state index in [1.807, 2.05) is 41.3 Å². The number of nitrogens with one attached hydrogen (secondary N) is 1. The summed E-state index contributed by atoms with van der Waals surface area (Å²) in [7, 11) is 0. The van der Waals surface area contributed by atoms with Crippen molar-refractivity contribution in [2.75, 3.05) is 26.2 Å². The molecule has 1 aliphatic heterocycles. The van der Waals surface area contributed by atoms with Crippen molar-refractivity contribution in [3.8, 4) is 0 Å². The maximum atomic E-state index is 12.7. The van der Waals surface area contributed by atoms with Crippen LogP contribution in [0.25, 0.3) is 16.3 Å². The van der Waals surface area contributed by atoms with Gasteiger partial charge in [-0.1, -0.05) is 30.3 Å². The summed E-state index contributed by atoms with van der Waals surface area (Å²) in [5.41, 5.74) is 2.25. The predicted molar refractivity (Wildman–Crippen MR) is 124 cm³/mol. The molecule has 2 aliphatic rings. The molecule has 0 saturated carbocycles. The zero-order valence-electron chi connectivity index (χ0n) is 17.5. The first kappa shape index (κ1) is 20.2. The van der Waals surface area contributed by atoms with Gasteiger partial charge in [0, 0.05) is 37.1 Å². The minimum atomic E-state index is -0.000682. The van der Waals surface area contributed by atoms with Crippen molar-refractivity contribution in [3.63, 3.8) is 0 Å². The number of aryl methyl sites for hydroxylation is 2. The van der Waals surface area contributed by atoms with Crippen molar-refractivity contribution >= 4 is 33.5 Å². The standard InChI is InChI=1S/C24H26N4O2S/c29-21(11-10-17-6-2-1-3-7-17)28-14-12-27(13-15-28)16-20-25-23(30)22-18-8-4-5-9-19(18)31-24(22)26-20/h1-3,6-7,10-11H,4-5,8-9,12-16H2,(H,25,26,30)/b11-10+. The molecule has 3 heterocycles. The van der Waals surface area contributed by atoms with Crippen LogP contribution in [-0.2, 0) is 24.2 Å². The number of nitrogens with zero attached hydrogens (tertiary/aromatic N) is 3. The number of aromatic nitrogens is 2. The van der Waals surface area contributed by atoms with Crippen molar-refractivity contribution in [2.24, 2.45) is 0 Å². The quantitative estimate of drug-likeness (QED) is 0.640. The molecular weight excluding hydrogens is 408 g/mol. The molecule has 1 fully saturated rings. The number of piperazine rings is 1. The van der Waals surface area contributed by atoms with Crippen LogP contribution < -0.4 is 5.56 Å². The zero-order chi connectivity index (χ0) is 21.2. The minimum absolute atomic E-state index is 0.000682. The molecule has 7 heteroatoms. The first-order valence-corrected chi connectivity index (χ1v) is 11.8. The lowest BCUT2D eigenvalue weighted by atomic mass is 9.97. The maximum absolute atomic E-state index is 12.7. The van der Waals surface area contributed by atoms with E-state index in [0.29, 0.717) is 19.6 Å². The molecule has 160 valence electrons. The van der Waals surface area contributed by atoms with Gasteiger partial charge in [0.2, 0.25) is 5.91 Å². The van der Waals surface area contributed by atoms with Crippen molar-refractivity contribution in [1.82, 2.24) is 19.8 Å². The van der Waals surface area contributed by atoms with E-state index in [9.17, 15) is 9.59 Å². The highest BCUT2D eigenvalue weighted by Gasteiger charge is 2.22. The van der Waals surface area contributed by atoms with Crippen LogP contribution in [0.15, 0.2) is 41.2 Å². The lowest BCUT2D eigenvalue weighted by molar-refractivity contribution is -0.127. The van der Waals surface area contributed by atoms with Crippen LogP contribution in [0.2, 0.25) is 0 Å². The molecule has 1 aromatic carbocycles. The highest BCUT2D eigenvalue weighted by molar-refractivity contribution is 7.18. The Morgan fingerprint density at radius 3 is 2.68 bits per heavy atom. The number of hydrogen-bond donors (Lipinski definition) is 1. The summed E-state index contributed by atoms with van der Waals surface area (Å²) in [6.45, 7) is 3.51. The number of H-pyrrole nitrogens is 1. The van der Waals surface area contributed by atoms with Gasteiger partial charge in [-0.05, 0) is 42.9 Å². The van der Waals surface area contributed by atoms with Gasteiger partial charge in [0.25, 0.3) is 5.56 Å². The Morgan fingerprint density at radius 1 is 1.10 bits per heavy atom. The van der Waals surface area contributed by atoms with Gasteiger partial charge in [0.1, 0.15) is 10.7 Å². The van der Waals surface area contributed by atoms with Gasteiger partial charge in [-0.15, -0.1) is 11.3 Å². The average Bonchev–Trinajstić information content (AvgIpc) is 3.17. The molecule has 0 atom stereocenters. The maximum Gasteiger partial charge on any atom is 0.259 e. The molecule has 3 aromatic rings. The number of carbonyl (C=O) groups excluding carboxylic acids is 1. The van der Waals surface area contributed by atoms with Crippen molar-refractivity contribution < 1.29 is 4.79 Å². The average molecular weight is 435 g/mol. The van der Waals surface area contributed by atoms with Crippen LogP contribution in [0, 0.1) is 0 Å². The third kappa shape index (κ3) is 4.34. The molecule has 6 nitrogen and oxygen atoms in total. The SMILES string of the molecule is O=C(/C=C/c1ccccc1)N1CCN(Cc2nc3sc4c(c3c(=O)[nH]2)CCCC4)CC1. The van der Waals surface area contributed by atoms with E-state index in [1.165, 1.54) is 16.9 Å². The number of carbonyl (C=O) groups is 1. The molecule has 0 spiro atoms. The molecule has 1 N–H and O–H groups in total. The second-order valence-electron chi connectivity index (χ2n) is 8.25. The summed E-state index contributed by atoms with van der Waals surface area (Å²) in [4.78, 5) is 39.4. The smallest absolute Gasteiger partial charge is 0.259 e. The normalized spacial score (nSPS) is 17.4. The highest BCUT2D eigenvalue weighted by Crippen LogP contribution is 2.33. The predicted octanol–water partition coefficient (Wildman–Crippen LogP) is 3.22. The van der Waals surface area contributed by atoms with Gasteiger partial charge < -0.3 is 9.88 Å². The van der Waals surface area contributed by atoms with Crippen molar-refractivity contribution in [2.45, 2.75) is 32.2 Å². The lowest BCUT2D eigenvalue weighted by Crippen LogP contribution is -2.48. The zero-order valence-corrected chi connectivity index (χ0v) is 18.3. The molecule has 1 amide bonds. The van der Waals surface area contributed by atoms with Gasteiger partial charge in [0.05, 0.1) is 11.9 Å². The summed E-state index contributed by atoms with van der Waals surface area (Å²) in [6.07, 6.45) is 7.93. The Balaban J connectivity index is 1.21. The van der Waals surface area contributed by atoms with E-state index in [-0.39, 0.29) is 11.5 Å². The molecule has 0 unspecified atom stereocenters. The largest absolute Gasteiger partial charge is 0.337 e. The molecule has 31 heavy (non-hydrogen) atoms. The van der Waals surface area contributed by atoms with E-state index in [2.05, 4.69) is 9.88 Å². The van der Waals surface area contributed by atoms with Crippen LogP contribution >= 0.6 is 11.3 Å². The second kappa shape index (κ2) is 8.77. The van der Waals surface area contributed by atoms with E-state index in [1.54, 1.807) is 17.4 Å². The summed E-state index contributed by atoms with van der Waals surface area (Å²) in [6, 6.07) is 9.85. The van der Waals surface area contributed by atoms with E-state index in [4.69, 9.17) is 4.98 Å². The molecule has 1 aliphatic carbocycles. The first-order chi connectivity index (χ1) is 15.2. The molecular formula is C24H26N4O2S. The number of amides is 1. The Bertz CT molecular complexity index is 1170. The van der Waals surface area contributed by atoms with E-state index in [0.717, 1.165) is 54.0 Å². The number of thiophene rings is 1. The molecule has 1 saturated heterocycles. The number of fused-ring (bicyclic) bond motifs is 3. The Labute approximate surface area is 185 Å². The van der Waals surface area contributed by atoms with Gasteiger partial charge in [-0.3, -0.25) is 14.5 Å². The Morgan fingerprint density at radius 2 is 1.87 bits per heavy atom. The van der Waals surface area contributed by atoms with E-state index < -0.39 is 0 Å². The summed E-state index contributed by atoms with van der Waals surface area (Å²) < 4.78 is 0. The van der Waals surface area contributed by atoms with Crippen molar-refractivity contribution in [1.29, 1.82) is 0 Å². The second-order valence-corrected chi connectivity index (χ2v) is 9.33. The lowest BCUT2D eigenvalue weighted by Gasteiger charge is -2.33. The summed E-state index contributed by atoms with van der Waals surface area (Å²) in [5, 5.41) is 0.809. The van der Waals surface area contributed by atoms with Gasteiger partial charge >= 0.3 is 0 Å². The number of hydrogen-bond acceptors (Lipinski definition) is 5. The van der Waals surface area contributed by atoms with Crippen molar-refractivity contribution in [3.05, 3.63) is 68.6 Å². The fourth-order valence-electron chi connectivity index (χ4n) is 4.46. The fraction of sp³-hybridized carbons (Fsp3) is 0.375. The van der Waals surface area contributed by atoms with Gasteiger partial charge in [-0.2, -0.15) is 0 Å². The van der Waals surface area contributed by atoms with Crippen LogP contribution in [0.5, 0.6) is 0 Å². The Hall–Kier alpha value is -2.77. The third-order valence-electron chi connectivity index (χ3n) is 6.15. The number of benzene rings is 1. The molecule has 2 aromatic heterocycles. The van der Waals surface area contributed by atoms with E-state index >= 15 is 0 Å². The minimum Gasteiger partial charge on any atom is -0.337 e. The van der Waals surface area contributed by atoms with Crippen LogP contribution in [0.1, 0.15) is 34.7 Å². The third-order valence-corrected chi connectivity index (χ3v) is 7.34. The molecule has 0 bridgehead atoms. The number of aromatic amines is 1. The molecule has 5 rings (SSSR count). The number of rotatable bonds is 4. The van der Waals surface area contributed by atoms with Crippen LogP contribution in [-0.4, -0.2) is 51.9 Å².